The number of hydrogen-bond donors (Lipinski definition) is 1. The van der Waals surface area contributed by atoms with E-state index in [9.17, 15) is 9.32 Å². The van der Waals surface area contributed by atoms with Crippen molar-refractivity contribution in [1.82, 2.24) is 4.90 Å². The second kappa shape index (κ2) is 8.02. The van der Waals surface area contributed by atoms with Crippen LogP contribution >= 0.6 is 11.6 Å². The quantitative estimate of drug-likeness (QED) is 0.763. The summed E-state index contributed by atoms with van der Waals surface area (Å²) in [6, 6.07) is 6.65. The lowest BCUT2D eigenvalue weighted by Crippen LogP contribution is -2.47. The van der Waals surface area contributed by atoms with Crippen LogP contribution in [0.15, 0.2) is 18.2 Å². The van der Waals surface area contributed by atoms with Crippen LogP contribution < -0.4 is 0 Å². The minimum atomic E-state index is -0.547. The first-order chi connectivity index (χ1) is 13.2. The number of benzene rings is 1. The van der Waals surface area contributed by atoms with Crippen LogP contribution in [0.25, 0.3) is 0 Å². The Hall–Kier alpha value is -0.420. The number of rotatable bonds is 5. The molecule has 3 fully saturated rings. The Balaban J connectivity index is 1.30. The van der Waals surface area contributed by atoms with Gasteiger partial charge in [0.25, 0.3) is 0 Å². The van der Waals surface area contributed by atoms with Crippen LogP contribution in [0, 0.1) is 11.3 Å². The lowest BCUT2D eigenvalue weighted by Gasteiger charge is -2.37. The van der Waals surface area contributed by atoms with Crippen molar-refractivity contribution in [3.05, 3.63) is 34.3 Å². The molecular formula is C23H34ClNO2S. The summed E-state index contributed by atoms with van der Waals surface area (Å²) in [5.41, 5.74) is 2.46. The summed E-state index contributed by atoms with van der Waals surface area (Å²) in [6.07, 6.45) is 6.03. The molecule has 1 aromatic carbocycles. The monoisotopic (exact) mass is 423 g/mol. The molecule has 1 atom stereocenters. The van der Waals surface area contributed by atoms with Crippen molar-refractivity contribution in [2.45, 2.75) is 63.9 Å². The molecule has 0 unspecified atom stereocenters. The zero-order valence-corrected chi connectivity index (χ0v) is 18.8. The summed E-state index contributed by atoms with van der Waals surface area (Å²) >= 11 is 6.66. The van der Waals surface area contributed by atoms with Crippen LogP contribution in [0.2, 0.25) is 5.02 Å². The molecule has 1 saturated carbocycles. The van der Waals surface area contributed by atoms with Crippen LogP contribution in [-0.4, -0.2) is 51.0 Å². The molecule has 156 valence electrons. The molecule has 1 aromatic rings. The standard InChI is InChI=1S/C23H34ClNO2S/c1-17(13-25-10-9-23(14-25)15-28(27)16-23)11-18-3-4-20(21(24)12-18)19-5-7-22(2,26)8-6-19/h3-4,12,17,19,26H,5-11,13-16H2,1-2H3/t17-,19?,22?,23?,28?/m1/s1. The maximum atomic E-state index is 11.5. The molecule has 2 saturated heterocycles. The fraction of sp³-hybridized carbons (Fsp3) is 0.739. The smallest absolute Gasteiger partial charge is 0.0620 e. The predicted octanol–water partition coefficient (Wildman–Crippen LogP) is 4.38. The summed E-state index contributed by atoms with van der Waals surface area (Å²) < 4.78 is 11.5. The van der Waals surface area contributed by atoms with Crippen molar-refractivity contribution in [1.29, 1.82) is 0 Å². The molecule has 5 heteroatoms. The van der Waals surface area contributed by atoms with Crippen LogP contribution in [0.1, 0.15) is 63.0 Å². The zero-order chi connectivity index (χ0) is 19.9. The van der Waals surface area contributed by atoms with Gasteiger partial charge in [-0.3, -0.25) is 4.21 Å². The van der Waals surface area contributed by atoms with Crippen LogP contribution in [0.4, 0.5) is 0 Å². The van der Waals surface area contributed by atoms with Gasteiger partial charge in [-0.25, -0.2) is 0 Å². The normalized spacial score (nSPS) is 37.1. The number of halogens is 1. The van der Waals surface area contributed by atoms with Crippen molar-refractivity contribution in [2.24, 2.45) is 11.3 Å². The average Bonchev–Trinajstić information content (AvgIpc) is 2.99. The highest BCUT2D eigenvalue weighted by molar-refractivity contribution is 7.86. The highest BCUT2D eigenvalue weighted by Crippen LogP contribution is 2.41. The summed E-state index contributed by atoms with van der Waals surface area (Å²) in [7, 11) is -0.547. The molecule has 3 aliphatic rings. The first kappa shape index (κ1) is 20.8. The third kappa shape index (κ3) is 4.66. The van der Waals surface area contributed by atoms with Crippen molar-refractivity contribution in [2.75, 3.05) is 31.1 Å². The van der Waals surface area contributed by atoms with Gasteiger partial charge < -0.3 is 10.0 Å². The Morgan fingerprint density at radius 3 is 2.64 bits per heavy atom. The number of likely N-dealkylation sites (tertiary alicyclic amines) is 1. The SMILES string of the molecule is C[C@H](Cc1ccc(C2CCC(C)(O)CC2)c(Cl)c1)CN1CCC2(C1)CS(=O)C2. The highest BCUT2D eigenvalue weighted by atomic mass is 35.5. The molecule has 2 aliphatic heterocycles. The van der Waals surface area contributed by atoms with Gasteiger partial charge in [0, 0.05) is 45.8 Å². The number of nitrogens with zero attached hydrogens (tertiary/aromatic N) is 1. The molecule has 1 spiro atoms. The topological polar surface area (TPSA) is 40.5 Å². The molecular weight excluding hydrogens is 390 g/mol. The highest BCUT2D eigenvalue weighted by Gasteiger charge is 2.47. The van der Waals surface area contributed by atoms with Crippen molar-refractivity contribution >= 4 is 22.4 Å². The summed E-state index contributed by atoms with van der Waals surface area (Å²) in [5.74, 6) is 2.91. The largest absolute Gasteiger partial charge is 0.390 e. The van der Waals surface area contributed by atoms with Gasteiger partial charge in [-0.2, -0.15) is 0 Å². The fourth-order valence-corrected chi connectivity index (χ4v) is 7.66. The maximum absolute atomic E-state index is 11.5. The molecule has 2 heterocycles. The molecule has 0 radical (unpaired) electrons. The van der Waals surface area contributed by atoms with Gasteiger partial charge in [0.05, 0.1) is 5.60 Å². The minimum absolute atomic E-state index is 0.375. The fourth-order valence-electron chi connectivity index (χ4n) is 5.55. The van der Waals surface area contributed by atoms with E-state index in [1.54, 1.807) is 0 Å². The van der Waals surface area contributed by atoms with E-state index in [-0.39, 0.29) is 0 Å². The van der Waals surface area contributed by atoms with Crippen molar-refractivity contribution < 1.29 is 9.32 Å². The molecule has 3 nitrogen and oxygen atoms in total. The Kier molecular flexibility index (Phi) is 5.97. The Bertz CT molecular complexity index is 732. The maximum Gasteiger partial charge on any atom is 0.0620 e. The third-order valence-corrected chi connectivity index (χ3v) is 9.37. The second-order valence-electron chi connectivity index (χ2n) is 10.1. The third-order valence-electron chi connectivity index (χ3n) is 7.17. The second-order valence-corrected chi connectivity index (χ2v) is 12.0. The van der Waals surface area contributed by atoms with Gasteiger partial charge in [-0.05, 0) is 81.0 Å². The molecule has 1 N–H and O–H groups in total. The van der Waals surface area contributed by atoms with E-state index in [1.807, 2.05) is 6.92 Å². The first-order valence-corrected chi connectivity index (χ1v) is 12.7. The molecule has 4 rings (SSSR count). The van der Waals surface area contributed by atoms with E-state index in [0.29, 0.717) is 17.3 Å². The minimum Gasteiger partial charge on any atom is -0.390 e. The lowest BCUT2D eigenvalue weighted by atomic mass is 9.77. The molecule has 0 amide bonds. The van der Waals surface area contributed by atoms with Gasteiger partial charge in [-0.15, -0.1) is 0 Å². The van der Waals surface area contributed by atoms with E-state index >= 15 is 0 Å². The number of hydrogen-bond acceptors (Lipinski definition) is 3. The van der Waals surface area contributed by atoms with E-state index in [2.05, 4.69) is 30.0 Å². The van der Waals surface area contributed by atoms with E-state index in [1.165, 1.54) is 17.5 Å². The first-order valence-electron chi connectivity index (χ1n) is 10.8. The van der Waals surface area contributed by atoms with Crippen LogP contribution in [0.3, 0.4) is 0 Å². The van der Waals surface area contributed by atoms with Gasteiger partial charge in [0.2, 0.25) is 0 Å². The Morgan fingerprint density at radius 2 is 2.00 bits per heavy atom. The Labute approximate surface area is 177 Å². The van der Waals surface area contributed by atoms with Gasteiger partial charge in [0.1, 0.15) is 0 Å². The average molecular weight is 424 g/mol. The van der Waals surface area contributed by atoms with Gasteiger partial charge in [-0.1, -0.05) is 30.7 Å². The van der Waals surface area contributed by atoms with Crippen molar-refractivity contribution in [3.63, 3.8) is 0 Å². The molecule has 0 aromatic heterocycles. The van der Waals surface area contributed by atoms with E-state index in [4.69, 9.17) is 11.6 Å². The summed E-state index contributed by atoms with van der Waals surface area (Å²) in [4.78, 5) is 2.57. The summed E-state index contributed by atoms with van der Waals surface area (Å²) in [5, 5.41) is 11.1. The number of aliphatic hydroxyl groups is 1. The molecule has 1 aliphatic carbocycles. The lowest BCUT2D eigenvalue weighted by molar-refractivity contribution is 0.0172. The van der Waals surface area contributed by atoms with Gasteiger partial charge >= 0.3 is 0 Å². The van der Waals surface area contributed by atoms with Gasteiger partial charge in [0.15, 0.2) is 0 Å². The predicted molar refractivity (Wildman–Crippen MR) is 118 cm³/mol. The Morgan fingerprint density at radius 1 is 1.29 bits per heavy atom. The summed E-state index contributed by atoms with van der Waals surface area (Å²) in [6.45, 7) is 7.68. The zero-order valence-electron chi connectivity index (χ0n) is 17.3. The molecule has 0 bridgehead atoms. The van der Waals surface area contributed by atoms with E-state index in [0.717, 1.165) is 68.3 Å². The van der Waals surface area contributed by atoms with Crippen molar-refractivity contribution in [3.8, 4) is 0 Å². The van der Waals surface area contributed by atoms with Crippen LogP contribution in [-0.2, 0) is 17.2 Å². The molecule has 28 heavy (non-hydrogen) atoms. The van der Waals surface area contributed by atoms with Crippen LogP contribution in [0.5, 0.6) is 0 Å². The van der Waals surface area contributed by atoms with E-state index < -0.39 is 16.4 Å².